The third-order valence-electron chi connectivity index (χ3n) is 4.44. The van der Waals surface area contributed by atoms with Crippen molar-refractivity contribution in [2.75, 3.05) is 13.2 Å². The van der Waals surface area contributed by atoms with Crippen LogP contribution in [0.25, 0.3) is 0 Å². The van der Waals surface area contributed by atoms with Gasteiger partial charge in [-0.3, -0.25) is 0 Å². The third-order valence-corrected chi connectivity index (χ3v) is 4.44. The molecule has 1 atom stereocenters. The highest BCUT2D eigenvalue weighted by molar-refractivity contribution is 5.73. The molecular weight excluding hydrogens is 284 g/mol. The number of rotatable bonds is 4. The molecule has 0 unspecified atom stereocenters. The van der Waals surface area contributed by atoms with Crippen LogP contribution in [0.5, 0.6) is 0 Å². The number of carbonyl (C=O) groups excluding carboxylic acids is 1. The monoisotopic (exact) mass is 308 g/mol. The Hall–Kier alpha value is -1.53. The van der Waals surface area contributed by atoms with Gasteiger partial charge in [0.1, 0.15) is 11.9 Å². The zero-order valence-corrected chi connectivity index (χ0v) is 13.0. The quantitative estimate of drug-likeness (QED) is 0.896. The van der Waals surface area contributed by atoms with E-state index in [1.807, 2.05) is 6.07 Å². The second kappa shape index (κ2) is 6.71. The van der Waals surface area contributed by atoms with Gasteiger partial charge in [-0.2, -0.15) is 0 Å². The Morgan fingerprint density at radius 1 is 1.36 bits per heavy atom. The molecule has 2 amide bonds. The minimum Gasteiger partial charge on any atom is -0.467 e. The SMILES string of the molecule is CC1CCC2(CC1)OC[C@H](CNC(=O)NCc1ccco1)O2. The largest absolute Gasteiger partial charge is 0.467 e. The number of ether oxygens (including phenoxy) is 2. The third kappa shape index (κ3) is 3.81. The molecule has 6 nitrogen and oxygen atoms in total. The van der Waals surface area contributed by atoms with Gasteiger partial charge < -0.3 is 24.5 Å². The van der Waals surface area contributed by atoms with Gasteiger partial charge in [-0.25, -0.2) is 4.79 Å². The van der Waals surface area contributed by atoms with Crippen molar-refractivity contribution in [1.82, 2.24) is 10.6 Å². The Labute approximate surface area is 130 Å². The molecule has 1 aromatic rings. The van der Waals surface area contributed by atoms with Crippen LogP contribution < -0.4 is 10.6 Å². The highest BCUT2D eigenvalue weighted by Gasteiger charge is 2.43. The average Bonchev–Trinajstić information content (AvgIpc) is 3.17. The fourth-order valence-electron chi connectivity index (χ4n) is 3.03. The predicted octanol–water partition coefficient (Wildman–Crippen LogP) is 2.40. The lowest BCUT2D eigenvalue weighted by Gasteiger charge is -2.34. The van der Waals surface area contributed by atoms with Gasteiger partial charge in [0.15, 0.2) is 5.79 Å². The van der Waals surface area contributed by atoms with Crippen molar-refractivity contribution in [1.29, 1.82) is 0 Å². The van der Waals surface area contributed by atoms with E-state index in [1.54, 1.807) is 12.3 Å². The molecule has 22 heavy (non-hydrogen) atoms. The molecule has 0 bridgehead atoms. The summed E-state index contributed by atoms with van der Waals surface area (Å²) in [5, 5.41) is 5.57. The van der Waals surface area contributed by atoms with E-state index in [1.165, 1.54) is 0 Å². The first kappa shape index (κ1) is 15.4. The Kier molecular flexibility index (Phi) is 4.69. The van der Waals surface area contributed by atoms with Gasteiger partial charge in [0.25, 0.3) is 0 Å². The van der Waals surface area contributed by atoms with Crippen molar-refractivity contribution in [2.45, 2.75) is 51.0 Å². The van der Waals surface area contributed by atoms with E-state index in [2.05, 4.69) is 17.6 Å². The van der Waals surface area contributed by atoms with Crippen LogP contribution in [0.3, 0.4) is 0 Å². The molecule has 3 rings (SSSR count). The number of nitrogens with one attached hydrogen (secondary N) is 2. The van der Waals surface area contributed by atoms with Gasteiger partial charge in [0.05, 0.1) is 19.4 Å². The van der Waals surface area contributed by atoms with Gasteiger partial charge in [0, 0.05) is 19.4 Å². The first-order valence-electron chi connectivity index (χ1n) is 8.01. The number of furan rings is 1. The summed E-state index contributed by atoms with van der Waals surface area (Å²) in [6.45, 7) is 3.65. The van der Waals surface area contributed by atoms with E-state index in [-0.39, 0.29) is 12.1 Å². The fourth-order valence-corrected chi connectivity index (χ4v) is 3.03. The number of hydrogen-bond acceptors (Lipinski definition) is 4. The first-order chi connectivity index (χ1) is 10.7. The van der Waals surface area contributed by atoms with E-state index < -0.39 is 5.79 Å². The standard InChI is InChI=1S/C16H24N2O4/c1-12-4-6-16(7-5-12)21-11-14(22-16)10-18-15(19)17-9-13-3-2-8-20-13/h2-3,8,12,14H,4-7,9-11H2,1H3,(H2,17,18,19)/t12?,14-,16?/m0/s1. The molecule has 1 aromatic heterocycles. The van der Waals surface area contributed by atoms with Crippen molar-refractivity contribution < 1.29 is 18.7 Å². The summed E-state index contributed by atoms with van der Waals surface area (Å²) in [5.74, 6) is 1.08. The zero-order valence-electron chi connectivity index (χ0n) is 13.0. The van der Waals surface area contributed by atoms with Crippen LogP contribution in [0.2, 0.25) is 0 Å². The summed E-state index contributed by atoms with van der Waals surface area (Å²) in [5.41, 5.74) is 0. The van der Waals surface area contributed by atoms with Gasteiger partial charge >= 0.3 is 6.03 Å². The number of hydrogen-bond donors (Lipinski definition) is 2. The molecule has 1 aliphatic carbocycles. The van der Waals surface area contributed by atoms with E-state index in [0.29, 0.717) is 19.7 Å². The predicted molar refractivity (Wildman–Crippen MR) is 80.1 cm³/mol. The van der Waals surface area contributed by atoms with Crippen LogP contribution in [0, 0.1) is 5.92 Å². The number of amides is 2. The van der Waals surface area contributed by atoms with Gasteiger partial charge in [0.2, 0.25) is 0 Å². The number of carbonyl (C=O) groups is 1. The van der Waals surface area contributed by atoms with Crippen LogP contribution in [-0.4, -0.2) is 31.1 Å². The molecule has 2 heterocycles. The van der Waals surface area contributed by atoms with Gasteiger partial charge in [-0.05, 0) is 30.9 Å². The molecule has 122 valence electrons. The highest BCUT2D eigenvalue weighted by Crippen LogP contribution is 2.39. The topological polar surface area (TPSA) is 72.7 Å². The second-order valence-corrected chi connectivity index (χ2v) is 6.29. The summed E-state index contributed by atoms with van der Waals surface area (Å²) in [6, 6.07) is 3.39. The Morgan fingerprint density at radius 3 is 2.91 bits per heavy atom. The summed E-state index contributed by atoms with van der Waals surface area (Å²) in [7, 11) is 0. The van der Waals surface area contributed by atoms with Crippen LogP contribution in [-0.2, 0) is 16.0 Å². The maximum atomic E-state index is 11.7. The molecule has 2 fully saturated rings. The van der Waals surface area contributed by atoms with Gasteiger partial charge in [-0.15, -0.1) is 0 Å². The van der Waals surface area contributed by atoms with Crippen LogP contribution in [0.1, 0.15) is 38.4 Å². The minimum atomic E-state index is -0.399. The van der Waals surface area contributed by atoms with Crippen molar-refractivity contribution >= 4 is 6.03 Å². The summed E-state index contributed by atoms with van der Waals surface area (Å²) in [4.78, 5) is 11.7. The molecule has 2 N–H and O–H groups in total. The lowest BCUT2D eigenvalue weighted by atomic mass is 9.86. The highest BCUT2D eigenvalue weighted by atomic mass is 16.7. The Balaban J connectivity index is 1.36. The van der Waals surface area contributed by atoms with Crippen molar-refractivity contribution in [3.05, 3.63) is 24.2 Å². The number of urea groups is 1. The maximum absolute atomic E-state index is 11.7. The Bertz CT molecular complexity index is 480. The lowest BCUT2D eigenvalue weighted by molar-refractivity contribution is -0.191. The molecule has 2 aliphatic rings. The van der Waals surface area contributed by atoms with E-state index in [9.17, 15) is 4.79 Å². The van der Waals surface area contributed by atoms with E-state index >= 15 is 0 Å². The maximum Gasteiger partial charge on any atom is 0.315 e. The van der Waals surface area contributed by atoms with Gasteiger partial charge in [-0.1, -0.05) is 6.92 Å². The summed E-state index contributed by atoms with van der Waals surface area (Å²) < 4.78 is 17.1. The molecular formula is C16H24N2O4. The van der Waals surface area contributed by atoms with Crippen molar-refractivity contribution in [2.24, 2.45) is 5.92 Å². The molecule has 1 saturated heterocycles. The zero-order chi connectivity index (χ0) is 15.4. The van der Waals surface area contributed by atoms with E-state index in [4.69, 9.17) is 13.9 Å². The van der Waals surface area contributed by atoms with Crippen LogP contribution in [0.15, 0.2) is 22.8 Å². The Morgan fingerprint density at radius 2 is 2.18 bits per heavy atom. The molecule has 0 aromatic carbocycles. The summed E-state index contributed by atoms with van der Waals surface area (Å²) >= 11 is 0. The van der Waals surface area contributed by atoms with Crippen LogP contribution >= 0.6 is 0 Å². The molecule has 1 saturated carbocycles. The summed E-state index contributed by atoms with van der Waals surface area (Å²) in [6.07, 6.45) is 5.71. The lowest BCUT2D eigenvalue weighted by Crippen LogP contribution is -2.41. The van der Waals surface area contributed by atoms with E-state index in [0.717, 1.165) is 37.4 Å². The minimum absolute atomic E-state index is 0.0669. The molecule has 0 radical (unpaired) electrons. The molecule has 1 spiro atoms. The average molecular weight is 308 g/mol. The molecule has 6 heteroatoms. The smallest absolute Gasteiger partial charge is 0.315 e. The van der Waals surface area contributed by atoms with Crippen LogP contribution in [0.4, 0.5) is 4.79 Å². The van der Waals surface area contributed by atoms with Crippen molar-refractivity contribution in [3.63, 3.8) is 0 Å². The molecule has 1 aliphatic heterocycles. The second-order valence-electron chi connectivity index (χ2n) is 6.29. The fraction of sp³-hybridized carbons (Fsp3) is 0.688. The first-order valence-corrected chi connectivity index (χ1v) is 8.01. The normalized spacial score (nSPS) is 31.3. The van der Waals surface area contributed by atoms with Crippen molar-refractivity contribution in [3.8, 4) is 0 Å².